The number of rotatable bonds is 4. The summed E-state index contributed by atoms with van der Waals surface area (Å²) in [5, 5.41) is 8.24. The first kappa shape index (κ1) is 12.3. The molecule has 2 N–H and O–H groups in total. The Hall–Kier alpha value is -1.72. The van der Waals surface area contributed by atoms with Crippen LogP contribution >= 0.6 is 0 Å². The van der Waals surface area contributed by atoms with Crippen LogP contribution in [0.5, 0.6) is 0 Å². The van der Waals surface area contributed by atoms with Crippen molar-refractivity contribution in [1.29, 1.82) is 0 Å². The zero-order chi connectivity index (χ0) is 13.1. The van der Waals surface area contributed by atoms with Crippen LogP contribution in [-0.4, -0.2) is 27.1 Å². The summed E-state index contributed by atoms with van der Waals surface area (Å²) in [6.45, 7) is 0.591. The third-order valence-electron chi connectivity index (χ3n) is 3.53. The molecule has 0 saturated heterocycles. The predicted octanol–water partition coefficient (Wildman–Crippen LogP) is 1.66. The van der Waals surface area contributed by atoms with Crippen LogP contribution in [-0.2, 0) is 11.3 Å². The molecular weight excluding hydrogens is 240 g/mol. The van der Waals surface area contributed by atoms with E-state index in [1.165, 1.54) is 6.42 Å². The van der Waals surface area contributed by atoms with Gasteiger partial charge in [0.2, 0.25) is 0 Å². The molecule has 0 bridgehead atoms. The summed E-state index contributed by atoms with van der Waals surface area (Å²) >= 11 is 0. The summed E-state index contributed by atoms with van der Waals surface area (Å²) in [5.74, 6) is 0. The van der Waals surface area contributed by atoms with E-state index < -0.39 is 0 Å². The SMILES string of the molecule is N[C@H]1CCC[C@@H]1OCc1cccc(-n2nccn2)c1. The van der Waals surface area contributed by atoms with Gasteiger partial charge in [-0.05, 0) is 37.0 Å². The van der Waals surface area contributed by atoms with Crippen molar-refractivity contribution in [3.63, 3.8) is 0 Å². The lowest BCUT2D eigenvalue weighted by Gasteiger charge is -2.16. The van der Waals surface area contributed by atoms with Crippen LogP contribution < -0.4 is 5.73 Å². The fraction of sp³-hybridized carbons (Fsp3) is 0.429. The standard InChI is InChI=1S/C14H18N4O/c15-13-5-2-6-14(13)19-10-11-3-1-4-12(9-11)18-16-7-8-17-18/h1,3-4,7-9,13-14H,2,5-6,10,15H2/t13-,14-/m0/s1. The van der Waals surface area contributed by atoms with Crippen molar-refractivity contribution in [2.75, 3.05) is 0 Å². The average Bonchev–Trinajstić information content (AvgIpc) is 3.08. The molecular formula is C14H18N4O. The van der Waals surface area contributed by atoms with E-state index in [9.17, 15) is 0 Å². The molecule has 0 unspecified atom stereocenters. The number of nitrogens with zero attached hydrogens (tertiary/aromatic N) is 3. The van der Waals surface area contributed by atoms with Gasteiger partial charge in [0.05, 0.1) is 30.8 Å². The van der Waals surface area contributed by atoms with E-state index in [0.717, 1.165) is 24.1 Å². The Morgan fingerprint density at radius 2 is 2.11 bits per heavy atom. The van der Waals surface area contributed by atoms with E-state index in [2.05, 4.69) is 10.2 Å². The molecule has 5 nitrogen and oxygen atoms in total. The largest absolute Gasteiger partial charge is 0.372 e. The highest BCUT2D eigenvalue weighted by atomic mass is 16.5. The fourth-order valence-corrected chi connectivity index (χ4v) is 2.48. The topological polar surface area (TPSA) is 66.0 Å². The molecule has 1 fully saturated rings. The van der Waals surface area contributed by atoms with E-state index in [1.807, 2.05) is 24.3 Å². The van der Waals surface area contributed by atoms with Crippen LogP contribution in [0.3, 0.4) is 0 Å². The second-order valence-electron chi connectivity index (χ2n) is 4.93. The van der Waals surface area contributed by atoms with Crippen molar-refractivity contribution >= 4 is 0 Å². The molecule has 2 aromatic rings. The molecule has 0 radical (unpaired) electrons. The van der Waals surface area contributed by atoms with Crippen LogP contribution in [0.4, 0.5) is 0 Å². The summed E-state index contributed by atoms with van der Waals surface area (Å²) in [5.41, 5.74) is 8.07. The quantitative estimate of drug-likeness (QED) is 0.905. The number of benzene rings is 1. The average molecular weight is 258 g/mol. The summed E-state index contributed by atoms with van der Waals surface area (Å²) in [4.78, 5) is 1.60. The Morgan fingerprint density at radius 3 is 2.84 bits per heavy atom. The summed E-state index contributed by atoms with van der Waals surface area (Å²) in [6.07, 6.45) is 6.85. The zero-order valence-corrected chi connectivity index (χ0v) is 10.8. The lowest BCUT2D eigenvalue weighted by atomic mass is 10.2. The number of hydrogen-bond donors (Lipinski definition) is 1. The highest BCUT2D eigenvalue weighted by Gasteiger charge is 2.24. The van der Waals surface area contributed by atoms with Gasteiger partial charge in [-0.2, -0.15) is 15.0 Å². The molecule has 100 valence electrons. The van der Waals surface area contributed by atoms with Crippen molar-refractivity contribution in [2.24, 2.45) is 5.73 Å². The lowest BCUT2D eigenvalue weighted by Crippen LogP contribution is -2.31. The van der Waals surface area contributed by atoms with Gasteiger partial charge >= 0.3 is 0 Å². The highest BCUT2D eigenvalue weighted by molar-refractivity contribution is 5.33. The van der Waals surface area contributed by atoms with Crippen molar-refractivity contribution in [1.82, 2.24) is 15.0 Å². The third kappa shape index (κ3) is 2.83. The first-order valence-electron chi connectivity index (χ1n) is 6.66. The highest BCUT2D eigenvalue weighted by Crippen LogP contribution is 2.21. The first-order valence-corrected chi connectivity index (χ1v) is 6.66. The molecule has 0 amide bonds. The minimum absolute atomic E-state index is 0.191. The Balaban J connectivity index is 1.66. The van der Waals surface area contributed by atoms with Crippen LogP contribution in [0, 0.1) is 0 Å². The van der Waals surface area contributed by atoms with Gasteiger partial charge in [-0.3, -0.25) is 0 Å². The molecule has 1 aliphatic carbocycles. The molecule has 1 aromatic carbocycles. The molecule has 3 rings (SSSR count). The minimum atomic E-state index is 0.191. The van der Waals surface area contributed by atoms with Gasteiger partial charge in [0, 0.05) is 6.04 Å². The van der Waals surface area contributed by atoms with Gasteiger partial charge in [-0.25, -0.2) is 0 Å². The summed E-state index contributed by atoms with van der Waals surface area (Å²) in [7, 11) is 0. The van der Waals surface area contributed by atoms with E-state index in [-0.39, 0.29) is 12.1 Å². The summed E-state index contributed by atoms with van der Waals surface area (Å²) < 4.78 is 5.90. The number of nitrogens with two attached hydrogens (primary N) is 1. The monoisotopic (exact) mass is 258 g/mol. The molecule has 1 aromatic heterocycles. The van der Waals surface area contributed by atoms with Gasteiger partial charge in [0.15, 0.2) is 0 Å². The van der Waals surface area contributed by atoms with E-state index in [4.69, 9.17) is 10.5 Å². The fourth-order valence-electron chi connectivity index (χ4n) is 2.48. The van der Waals surface area contributed by atoms with Gasteiger partial charge in [0.25, 0.3) is 0 Å². The van der Waals surface area contributed by atoms with Gasteiger partial charge < -0.3 is 10.5 Å². The first-order chi connectivity index (χ1) is 9.33. The molecule has 1 heterocycles. The van der Waals surface area contributed by atoms with E-state index >= 15 is 0 Å². The molecule has 2 atom stereocenters. The maximum atomic E-state index is 6.00. The van der Waals surface area contributed by atoms with Crippen molar-refractivity contribution < 1.29 is 4.74 Å². The second-order valence-corrected chi connectivity index (χ2v) is 4.93. The predicted molar refractivity (Wildman–Crippen MR) is 71.8 cm³/mol. The number of hydrogen-bond acceptors (Lipinski definition) is 4. The molecule has 19 heavy (non-hydrogen) atoms. The Kier molecular flexibility index (Phi) is 3.57. The molecule has 0 spiro atoms. The molecule has 1 aliphatic rings. The Bertz CT molecular complexity index is 526. The maximum absolute atomic E-state index is 6.00. The van der Waals surface area contributed by atoms with Crippen molar-refractivity contribution in [3.8, 4) is 5.69 Å². The normalized spacial score (nSPS) is 22.8. The maximum Gasteiger partial charge on any atom is 0.0860 e. The lowest BCUT2D eigenvalue weighted by molar-refractivity contribution is 0.0357. The van der Waals surface area contributed by atoms with Crippen LogP contribution in [0.2, 0.25) is 0 Å². The van der Waals surface area contributed by atoms with Crippen LogP contribution in [0.25, 0.3) is 5.69 Å². The molecule has 1 saturated carbocycles. The van der Waals surface area contributed by atoms with Gasteiger partial charge in [-0.15, -0.1) is 0 Å². The second kappa shape index (κ2) is 5.50. The number of ether oxygens (including phenoxy) is 1. The minimum Gasteiger partial charge on any atom is -0.372 e. The zero-order valence-electron chi connectivity index (χ0n) is 10.8. The van der Waals surface area contributed by atoms with Crippen molar-refractivity contribution in [3.05, 3.63) is 42.2 Å². The third-order valence-corrected chi connectivity index (χ3v) is 3.53. The summed E-state index contributed by atoms with van der Waals surface area (Å²) in [6, 6.07) is 8.25. The smallest absolute Gasteiger partial charge is 0.0860 e. The van der Waals surface area contributed by atoms with Crippen LogP contribution in [0.15, 0.2) is 36.7 Å². The van der Waals surface area contributed by atoms with E-state index in [0.29, 0.717) is 6.61 Å². The van der Waals surface area contributed by atoms with Crippen LogP contribution in [0.1, 0.15) is 24.8 Å². The van der Waals surface area contributed by atoms with Crippen molar-refractivity contribution in [2.45, 2.75) is 38.0 Å². The van der Waals surface area contributed by atoms with Gasteiger partial charge in [0.1, 0.15) is 0 Å². The Morgan fingerprint density at radius 1 is 1.26 bits per heavy atom. The van der Waals surface area contributed by atoms with Gasteiger partial charge in [-0.1, -0.05) is 12.1 Å². The molecule has 0 aliphatic heterocycles. The Labute approximate surface area is 112 Å². The molecule has 5 heteroatoms. The van der Waals surface area contributed by atoms with E-state index in [1.54, 1.807) is 17.2 Å². The number of aromatic nitrogens is 3.